The second-order valence-corrected chi connectivity index (χ2v) is 6.85. The van der Waals surface area contributed by atoms with Crippen molar-refractivity contribution < 1.29 is 17.7 Å². The Hall–Kier alpha value is -3.15. The molecule has 0 spiro atoms. The van der Waals surface area contributed by atoms with E-state index in [1.54, 1.807) is 30.0 Å². The lowest BCUT2D eigenvalue weighted by atomic mass is 9.99. The quantitative estimate of drug-likeness (QED) is 0.439. The molecule has 0 aliphatic rings. The molecule has 0 unspecified atom stereocenters. The fraction of sp³-hybridized carbons (Fsp3) is 0.182. The summed E-state index contributed by atoms with van der Waals surface area (Å²) < 4.78 is 44.7. The topological polar surface area (TPSA) is 21.7 Å². The van der Waals surface area contributed by atoms with E-state index >= 15 is 0 Å². The number of hydrogen-bond donors (Lipinski definition) is 0. The van der Waals surface area contributed by atoms with Crippen LogP contribution in [-0.4, -0.2) is 9.55 Å². The van der Waals surface area contributed by atoms with Gasteiger partial charge in [-0.25, -0.2) is 4.57 Å². The lowest BCUT2D eigenvalue weighted by Gasteiger charge is -2.16. The Morgan fingerprint density at radius 1 is 1.00 bits per heavy atom. The molecule has 0 aliphatic carbocycles. The molecular weight excluding hydrogens is 363 g/mol. The summed E-state index contributed by atoms with van der Waals surface area (Å²) in [6.07, 6.45) is -1.09. The van der Waals surface area contributed by atoms with E-state index in [4.69, 9.17) is 0 Å². The molecule has 0 aliphatic heterocycles. The second kappa shape index (κ2) is 6.48. The zero-order chi connectivity index (χ0) is 20.1. The van der Waals surface area contributed by atoms with Crippen LogP contribution < -0.4 is 4.57 Å². The summed E-state index contributed by atoms with van der Waals surface area (Å²) in [6.45, 7) is 3.62. The fourth-order valence-corrected chi connectivity index (χ4v) is 3.63. The first-order chi connectivity index (χ1) is 13.3. The summed E-state index contributed by atoms with van der Waals surface area (Å²) in [5, 5.41) is 0.989. The van der Waals surface area contributed by atoms with E-state index in [9.17, 15) is 13.2 Å². The molecule has 28 heavy (non-hydrogen) atoms. The van der Waals surface area contributed by atoms with Crippen LogP contribution in [0.5, 0.6) is 0 Å². The summed E-state index contributed by atoms with van der Waals surface area (Å²) >= 11 is 0. The van der Waals surface area contributed by atoms with Gasteiger partial charge in [-0.2, -0.15) is 13.2 Å². The zero-order valence-electron chi connectivity index (χ0n) is 15.7. The van der Waals surface area contributed by atoms with Gasteiger partial charge in [-0.05, 0) is 31.2 Å². The number of aryl methyl sites for hydroxylation is 2. The Morgan fingerprint density at radius 2 is 1.75 bits per heavy atom. The lowest BCUT2D eigenvalue weighted by Crippen LogP contribution is -2.36. The normalized spacial score (nSPS) is 11.9. The summed E-state index contributed by atoms with van der Waals surface area (Å²) in [7, 11) is 1.87. The van der Waals surface area contributed by atoms with E-state index in [0.717, 1.165) is 22.2 Å². The first-order valence-electron chi connectivity index (χ1n) is 8.87. The van der Waals surface area contributed by atoms with Crippen LogP contribution in [0.15, 0.2) is 60.9 Å². The van der Waals surface area contributed by atoms with Gasteiger partial charge in [0.2, 0.25) is 0 Å². The molecule has 142 valence electrons. The molecular formula is C22H19F3N3+. The van der Waals surface area contributed by atoms with Gasteiger partial charge in [-0.3, -0.25) is 0 Å². The van der Waals surface area contributed by atoms with Gasteiger partial charge >= 0.3 is 6.18 Å². The van der Waals surface area contributed by atoms with Crippen LogP contribution in [0.3, 0.4) is 0 Å². The predicted molar refractivity (Wildman–Crippen MR) is 102 cm³/mol. The molecule has 4 aromatic rings. The maximum absolute atomic E-state index is 13.7. The summed E-state index contributed by atoms with van der Waals surface area (Å²) in [4.78, 5) is 4.22. The molecule has 0 N–H and O–H groups in total. The third-order valence-corrected chi connectivity index (χ3v) is 5.13. The van der Waals surface area contributed by atoms with Crippen molar-refractivity contribution in [1.29, 1.82) is 0 Å². The Kier molecular flexibility index (Phi) is 4.22. The molecule has 0 bridgehead atoms. The third-order valence-electron chi connectivity index (χ3n) is 5.13. The Balaban J connectivity index is 2.05. The van der Waals surface area contributed by atoms with Crippen LogP contribution >= 0.6 is 0 Å². The number of benzene rings is 2. The van der Waals surface area contributed by atoms with Crippen LogP contribution in [0.1, 0.15) is 17.0 Å². The molecule has 0 fully saturated rings. The van der Waals surface area contributed by atoms with Crippen molar-refractivity contribution in [2.24, 2.45) is 7.05 Å². The first kappa shape index (κ1) is 18.2. The lowest BCUT2D eigenvalue weighted by molar-refractivity contribution is -0.606. The predicted octanol–water partition coefficient (Wildman–Crippen LogP) is 5.15. The minimum Gasteiger partial charge on any atom is -0.344 e. The van der Waals surface area contributed by atoms with Crippen LogP contribution in [0, 0.1) is 13.8 Å². The van der Waals surface area contributed by atoms with Crippen molar-refractivity contribution in [2.45, 2.75) is 20.0 Å². The van der Waals surface area contributed by atoms with Gasteiger partial charge in [0.15, 0.2) is 0 Å². The van der Waals surface area contributed by atoms with Gasteiger partial charge in [0.05, 0.1) is 5.56 Å². The molecule has 6 heteroatoms. The average Bonchev–Trinajstić information content (AvgIpc) is 2.99. The molecule has 0 saturated carbocycles. The highest BCUT2D eigenvalue weighted by Gasteiger charge is 2.33. The zero-order valence-corrected chi connectivity index (χ0v) is 15.7. The summed E-state index contributed by atoms with van der Waals surface area (Å²) in [5.74, 6) is 0.618. The number of nitrogens with zero attached hydrogens (tertiary/aromatic N) is 3. The van der Waals surface area contributed by atoms with E-state index < -0.39 is 11.7 Å². The van der Waals surface area contributed by atoms with Crippen molar-refractivity contribution in [3.8, 4) is 16.9 Å². The highest BCUT2D eigenvalue weighted by atomic mass is 19.4. The van der Waals surface area contributed by atoms with Gasteiger partial charge in [-0.1, -0.05) is 23.2 Å². The highest BCUT2D eigenvalue weighted by Crippen LogP contribution is 2.37. The molecule has 0 saturated heterocycles. The number of rotatable bonds is 2. The standard InChI is InChI=1S/C22H19F3N3/c1-14-18(21-11-16-7-4-5-8-19(16)27(21)3)12-17(22(23,24)25)13-20(14)28-10-6-9-26-15(28)2/h4-13H,1-3H3/q+1. The van der Waals surface area contributed by atoms with Crippen LogP contribution in [0.4, 0.5) is 13.2 Å². The van der Waals surface area contributed by atoms with E-state index in [1.165, 1.54) is 12.1 Å². The molecule has 0 radical (unpaired) electrons. The molecule has 0 atom stereocenters. The summed E-state index contributed by atoms with van der Waals surface area (Å²) in [5.41, 5.74) is 2.83. The number of aromatic nitrogens is 3. The van der Waals surface area contributed by atoms with Crippen LogP contribution in [0.2, 0.25) is 0 Å². The molecule has 2 aromatic carbocycles. The smallest absolute Gasteiger partial charge is 0.344 e. The maximum atomic E-state index is 13.7. The van der Waals surface area contributed by atoms with E-state index in [-0.39, 0.29) is 0 Å². The molecule has 2 aromatic heterocycles. The summed E-state index contributed by atoms with van der Waals surface area (Å²) in [6, 6.07) is 13.8. The minimum absolute atomic E-state index is 0.473. The Bertz CT molecular complexity index is 1190. The van der Waals surface area contributed by atoms with Crippen molar-refractivity contribution in [3.63, 3.8) is 0 Å². The third kappa shape index (κ3) is 2.95. The second-order valence-electron chi connectivity index (χ2n) is 6.85. The van der Waals surface area contributed by atoms with E-state index in [0.29, 0.717) is 17.1 Å². The van der Waals surface area contributed by atoms with E-state index in [1.807, 2.05) is 48.9 Å². The Morgan fingerprint density at radius 3 is 2.43 bits per heavy atom. The van der Waals surface area contributed by atoms with E-state index in [2.05, 4.69) is 4.98 Å². The largest absolute Gasteiger partial charge is 0.416 e. The van der Waals surface area contributed by atoms with Gasteiger partial charge in [-0.15, -0.1) is 0 Å². The van der Waals surface area contributed by atoms with Crippen LogP contribution in [-0.2, 0) is 13.2 Å². The van der Waals surface area contributed by atoms with Crippen molar-refractivity contribution in [2.75, 3.05) is 0 Å². The molecule has 4 rings (SSSR count). The Labute approximate surface area is 160 Å². The van der Waals surface area contributed by atoms with Crippen molar-refractivity contribution >= 4 is 10.9 Å². The monoisotopic (exact) mass is 382 g/mol. The average molecular weight is 382 g/mol. The molecule has 2 heterocycles. The van der Waals surface area contributed by atoms with Gasteiger partial charge in [0.1, 0.15) is 18.1 Å². The van der Waals surface area contributed by atoms with Crippen molar-refractivity contribution in [3.05, 3.63) is 77.9 Å². The minimum atomic E-state index is -4.45. The van der Waals surface area contributed by atoms with Gasteiger partial charge in [0, 0.05) is 47.8 Å². The number of hydrogen-bond acceptors (Lipinski definition) is 1. The van der Waals surface area contributed by atoms with Crippen LogP contribution in [0.25, 0.3) is 27.8 Å². The number of halogens is 3. The number of para-hydroxylation sites is 1. The highest BCUT2D eigenvalue weighted by molar-refractivity contribution is 5.88. The van der Waals surface area contributed by atoms with Gasteiger partial charge in [0.25, 0.3) is 5.82 Å². The molecule has 0 amide bonds. The first-order valence-corrected chi connectivity index (χ1v) is 8.87. The number of alkyl halides is 3. The SMILES string of the molecule is Cc1c(-c2cc3ccccc3n2C)cc(C(F)(F)F)cc1-[n+]1cccnc1C. The number of fused-ring (bicyclic) bond motifs is 1. The maximum Gasteiger partial charge on any atom is 0.416 e. The van der Waals surface area contributed by atoms with Crippen molar-refractivity contribution in [1.82, 2.24) is 9.55 Å². The fourth-order valence-electron chi connectivity index (χ4n) is 3.63. The molecule has 3 nitrogen and oxygen atoms in total. The van der Waals surface area contributed by atoms with Gasteiger partial charge < -0.3 is 4.57 Å².